The van der Waals surface area contributed by atoms with Gasteiger partial charge >= 0.3 is 5.69 Å². The highest BCUT2D eigenvalue weighted by Crippen LogP contribution is 2.15. The molecular formula is C4H4ClN3O2. The van der Waals surface area contributed by atoms with Gasteiger partial charge in [0.15, 0.2) is 0 Å². The molecule has 0 aromatic carbocycles. The lowest BCUT2D eigenvalue weighted by Crippen LogP contribution is -1.89. The van der Waals surface area contributed by atoms with Gasteiger partial charge in [-0.2, -0.15) is 5.10 Å². The topological polar surface area (TPSA) is 71.8 Å². The standard InChI is InChI=1S/C4H4ClN3O2/c5-1-3-4(8(9)10)2-6-7-3/h2H,1H2,(H,6,7). The van der Waals surface area contributed by atoms with Crippen LogP contribution in [-0.4, -0.2) is 15.1 Å². The second-order valence-electron chi connectivity index (χ2n) is 1.62. The van der Waals surface area contributed by atoms with Crippen molar-refractivity contribution in [3.05, 3.63) is 22.0 Å². The molecule has 1 aromatic heterocycles. The van der Waals surface area contributed by atoms with E-state index in [0.717, 1.165) is 6.20 Å². The third-order valence-corrected chi connectivity index (χ3v) is 1.29. The summed E-state index contributed by atoms with van der Waals surface area (Å²) in [5.41, 5.74) is 0.279. The minimum atomic E-state index is -0.527. The van der Waals surface area contributed by atoms with Crippen molar-refractivity contribution in [2.75, 3.05) is 0 Å². The summed E-state index contributed by atoms with van der Waals surface area (Å²) in [4.78, 5) is 9.60. The van der Waals surface area contributed by atoms with Crippen molar-refractivity contribution in [2.45, 2.75) is 5.88 Å². The molecule has 0 unspecified atom stereocenters. The first-order valence-electron chi connectivity index (χ1n) is 2.48. The van der Waals surface area contributed by atoms with Crippen LogP contribution in [-0.2, 0) is 5.88 Å². The zero-order chi connectivity index (χ0) is 7.56. The van der Waals surface area contributed by atoms with Crippen LogP contribution in [0.15, 0.2) is 6.20 Å². The molecule has 0 radical (unpaired) electrons. The number of nitrogens with one attached hydrogen (secondary N) is 1. The van der Waals surface area contributed by atoms with Crippen molar-refractivity contribution in [1.82, 2.24) is 10.2 Å². The Kier molecular flexibility index (Phi) is 1.86. The SMILES string of the molecule is O=[N+]([O-])c1cn[nH]c1CCl. The highest BCUT2D eigenvalue weighted by Gasteiger charge is 2.13. The van der Waals surface area contributed by atoms with E-state index >= 15 is 0 Å². The second kappa shape index (κ2) is 2.66. The number of rotatable bonds is 2. The Balaban J connectivity index is 3.01. The normalized spacial score (nSPS) is 9.70. The van der Waals surface area contributed by atoms with Gasteiger partial charge in [0.2, 0.25) is 0 Å². The molecule has 0 spiro atoms. The van der Waals surface area contributed by atoms with E-state index in [4.69, 9.17) is 11.6 Å². The Hall–Kier alpha value is -1.10. The Morgan fingerprint density at radius 3 is 3.00 bits per heavy atom. The first-order chi connectivity index (χ1) is 4.75. The van der Waals surface area contributed by atoms with Crippen molar-refractivity contribution < 1.29 is 4.92 Å². The van der Waals surface area contributed by atoms with Crippen molar-refractivity contribution in [2.24, 2.45) is 0 Å². The smallest absolute Gasteiger partial charge is 0.274 e. The van der Waals surface area contributed by atoms with E-state index in [-0.39, 0.29) is 11.6 Å². The molecule has 0 fully saturated rings. The number of H-pyrrole nitrogens is 1. The summed E-state index contributed by atoms with van der Waals surface area (Å²) in [5, 5.41) is 16.0. The van der Waals surface area contributed by atoms with E-state index in [0.29, 0.717) is 5.69 Å². The van der Waals surface area contributed by atoms with Gasteiger partial charge in [-0.15, -0.1) is 11.6 Å². The molecule has 1 N–H and O–H groups in total. The first kappa shape index (κ1) is 7.01. The minimum absolute atomic E-state index is 0.0602. The van der Waals surface area contributed by atoms with Crippen molar-refractivity contribution in [3.8, 4) is 0 Å². The molecule has 6 heteroatoms. The summed E-state index contributed by atoms with van der Waals surface area (Å²) in [6.07, 6.45) is 1.14. The van der Waals surface area contributed by atoms with Gasteiger partial charge in [-0.25, -0.2) is 0 Å². The van der Waals surface area contributed by atoms with E-state index in [1.54, 1.807) is 0 Å². The summed E-state index contributed by atoms with van der Waals surface area (Å²) in [5.74, 6) is 0.0797. The number of halogens is 1. The van der Waals surface area contributed by atoms with Crippen molar-refractivity contribution in [3.63, 3.8) is 0 Å². The van der Waals surface area contributed by atoms with Gasteiger partial charge < -0.3 is 0 Å². The fourth-order valence-electron chi connectivity index (χ4n) is 0.562. The van der Waals surface area contributed by atoms with E-state index in [1.165, 1.54) is 0 Å². The minimum Gasteiger partial charge on any atom is -0.274 e. The number of nitrogens with zero attached hydrogens (tertiary/aromatic N) is 2. The van der Waals surface area contributed by atoms with Crippen LogP contribution >= 0.6 is 11.6 Å². The Morgan fingerprint density at radius 2 is 2.60 bits per heavy atom. The number of nitro groups is 1. The first-order valence-corrected chi connectivity index (χ1v) is 3.01. The molecule has 10 heavy (non-hydrogen) atoms. The zero-order valence-electron chi connectivity index (χ0n) is 4.87. The average molecular weight is 162 g/mol. The van der Waals surface area contributed by atoms with Gasteiger partial charge in [-0.1, -0.05) is 0 Å². The number of aromatic nitrogens is 2. The van der Waals surface area contributed by atoms with Gasteiger partial charge in [0.1, 0.15) is 11.9 Å². The molecule has 1 rings (SSSR count). The van der Waals surface area contributed by atoms with Gasteiger partial charge in [0.05, 0.1) is 10.8 Å². The van der Waals surface area contributed by atoms with Gasteiger partial charge in [-0.3, -0.25) is 15.2 Å². The third kappa shape index (κ3) is 1.08. The lowest BCUT2D eigenvalue weighted by molar-refractivity contribution is -0.385. The monoisotopic (exact) mass is 161 g/mol. The summed E-state index contributed by atoms with van der Waals surface area (Å²) in [7, 11) is 0. The van der Waals surface area contributed by atoms with E-state index in [2.05, 4.69) is 10.2 Å². The lowest BCUT2D eigenvalue weighted by atomic mass is 10.4. The van der Waals surface area contributed by atoms with Crippen LogP contribution in [0.1, 0.15) is 5.69 Å². The molecule has 0 atom stereocenters. The van der Waals surface area contributed by atoms with Crippen LogP contribution in [0.5, 0.6) is 0 Å². The predicted octanol–water partition coefficient (Wildman–Crippen LogP) is 1.06. The van der Waals surface area contributed by atoms with Gasteiger partial charge in [0, 0.05) is 0 Å². The average Bonchev–Trinajstić information content (AvgIpc) is 2.33. The second-order valence-corrected chi connectivity index (χ2v) is 1.89. The van der Waals surface area contributed by atoms with Crippen molar-refractivity contribution >= 4 is 17.3 Å². The molecule has 0 saturated carbocycles. The van der Waals surface area contributed by atoms with Crippen molar-refractivity contribution in [1.29, 1.82) is 0 Å². The molecule has 0 saturated heterocycles. The summed E-state index contributed by atoms with van der Waals surface area (Å²) < 4.78 is 0. The highest BCUT2D eigenvalue weighted by molar-refractivity contribution is 6.17. The molecule has 0 aliphatic carbocycles. The van der Waals surface area contributed by atoms with E-state index in [1.807, 2.05) is 0 Å². The molecule has 54 valence electrons. The van der Waals surface area contributed by atoms with Crippen LogP contribution in [0.4, 0.5) is 5.69 Å². The number of hydrogen-bond acceptors (Lipinski definition) is 3. The molecule has 0 bridgehead atoms. The van der Waals surface area contributed by atoms with Crippen LogP contribution in [0.25, 0.3) is 0 Å². The molecule has 1 aromatic rings. The maximum Gasteiger partial charge on any atom is 0.311 e. The maximum absolute atomic E-state index is 10.1. The quantitative estimate of drug-likeness (QED) is 0.400. The Morgan fingerprint density at radius 1 is 1.90 bits per heavy atom. The van der Waals surface area contributed by atoms with Gasteiger partial charge in [-0.05, 0) is 0 Å². The molecule has 0 amide bonds. The predicted molar refractivity (Wildman–Crippen MR) is 34.8 cm³/mol. The zero-order valence-corrected chi connectivity index (χ0v) is 5.63. The fraction of sp³-hybridized carbons (Fsp3) is 0.250. The fourth-order valence-corrected chi connectivity index (χ4v) is 0.759. The largest absolute Gasteiger partial charge is 0.311 e. The molecule has 1 heterocycles. The number of hydrogen-bond donors (Lipinski definition) is 1. The third-order valence-electron chi connectivity index (χ3n) is 1.03. The van der Waals surface area contributed by atoms with Crippen LogP contribution in [0.2, 0.25) is 0 Å². The highest BCUT2D eigenvalue weighted by atomic mass is 35.5. The molecule has 0 aliphatic rings. The maximum atomic E-state index is 10.1. The summed E-state index contributed by atoms with van der Waals surface area (Å²) in [6, 6.07) is 0. The van der Waals surface area contributed by atoms with Crippen LogP contribution in [0.3, 0.4) is 0 Å². The number of alkyl halides is 1. The number of aromatic amines is 1. The van der Waals surface area contributed by atoms with Crippen LogP contribution < -0.4 is 0 Å². The summed E-state index contributed by atoms with van der Waals surface area (Å²) >= 11 is 5.34. The lowest BCUT2D eigenvalue weighted by Gasteiger charge is -1.86. The van der Waals surface area contributed by atoms with E-state index < -0.39 is 4.92 Å². The van der Waals surface area contributed by atoms with Gasteiger partial charge in [0.25, 0.3) is 0 Å². The molecule has 0 aliphatic heterocycles. The summed E-state index contributed by atoms with van der Waals surface area (Å²) in [6.45, 7) is 0. The molecule has 5 nitrogen and oxygen atoms in total. The molecular weight excluding hydrogens is 158 g/mol. The van der Waals surface area contributed by atoms with Crippen LogP contribution in [0, 0.1) is 10.1 Å². The van der Waals surface area contributed by atoms with E-state index in [9.17, 15) is 10.1 Å². The Labute approximate surface area is 61.1 Å². The Bertz CT molecular complexity index is 246.